The van der Waals surface area contributed by atoms with Crippen LogP contribution in [0.25, 0.3) is 0 Å². The molecule has 2 heterocycles. The number of carbonyl (C=O) groups is 1. The van der Waals surface area contributed by atoms with Crippen LogP contribution < -0.4 is 5.32 Å². The zero-order valence-corrected chi connectivity index (χ0v) is 16.3. The first-order valence-corrected chi connectivity index (χ1v) is 8.76. The topological polar surface area (TPSA) is 64.7 Å². The predicted molar refractivity (Wildman–Crippen MR) is 103 cm³/mol. The Morgan fingerprint density at radius 1 is 1.12 bits per heavy atom. The molecule has 0 saturated carbocycles. The second kappa shape index (κ2) is 6.96. The van der Waals surface area contributed by atoms with Gasteiger partial charge in [-0.05, 0) is 38.8 Å². The van der Waals surface area contributed by atoms with Crippen molar-refractivity contribution in [3.8, 4) is 0 Å². The Bertz CT molecular complexity index is 986. The van der Waals surface area contributed by atoms with Gasteiger partial charge in [0.05, 0.1) is 34.3 Å². The van der Waals surface area contributed by atoms with Crippen molar-refractivity contribution in [1.82, 2.24) is 19.6 Å². The minimum atomic E-state index is -0.292. The van der Waals surface area contributed by atoms with Crippen LogP contribution in [-0.2, 0) is 13.6 Å². The molecule has 0 aliphatic rings. The summed E-state index contributed by atoms with van der Waals surface area (Å²) in [7, 11) is 1.70. The van der Waals surface area contributed by atoms with Crippen LogP contribution in [0.3, 0.4) is 0 Å². The Balaban J connectivity index is 1.89. The zero-order valence-electron chi connectivity index (χ0n) is 15.6. The molecule has 0 spiro atoms. The highest BCUT2D eigenvalue weighted by atomic mass is 35.5. The van der Waals surface area contributed by atoms with Crippen molar-refractivity contribution in [3.63, 3.8) is 0 Å². The standard InChI is InChI=1S/C19H22ClN5O/c1-11-8-6-7-9-15(11)10-25-14(4)17(13(3)23-25)21-19(26)18-16(20)12(2)22-24(18)5/h6-9H,10H2,1-5H3,(H,21,26). The molecule has 1 amide bonds. The maximum atomic E-state index is 12.7. The highest BCUT2D eigenvalue weighted by Crippen LogP contribution is 2.24. The number of hydrogen-bond acceptors (Lipinski definition) is 3. The number of aromatic nitrogens is 4. The van der Waals surface area contributed by atoms with Gasteiger partial charge in [-0.3, -0.25) is 14.2 Å². The lowest BCUT2D eigenvalue weighted by atomic mass is 10.1. The smallest absolute Gasteiger partial charge is 0.275 e. The first kappa shape index (κ1) is 18.2. The second-order valence-electron chi connectivity index (χ2n) is 6.46. The van der Waals surface area contributed by atoms with Crippen molar-refractivity contribution in [2.45, 2.75) is 34.2 Å². The molecule has 0 saturated heterocycles. The first-order valence-electron chi connectivity index (χ1n) is 8.38. The molecule has 0 radical (unpaired) electrons. The fraction of sp³-hybridized carbons (Fsp3) is 0.316. The number of carbonyl (C=O) groups excluding carboxylic acids is 1. The van der Waals surface area contributed by atoms with Crippen molar-refractivity contribution >= 4 is 23.2 Å². The number of hydrogen-bond donors (Lipinski definition) is 1. The van der Waals surface area contributed by atoms with Gasteiger partial charge in [0.2, 0.25) is 0 Å². The van der Waals surface area contributed by atoms with E-state index in [1.54, 1.807) is 14.0 Å². The van der Waals surface area contributed by atoms with Crippen molar-refractivity contribution in [1.29, 1.82) is 0 Å². The molecule has 1 N–H and O–H groups in total. The van der Waals surface area contributed by atoms with E-state index in [2.05, 4.69) is 34.6 Å². The van der Waals surface area contributed by atoms with Crippen molar-refractivity contribution in [2.24, 2.45) is 7.05 Å². The normalized spacial score (nSPS) is 11.0. The van der Waals surface area contributed by atoms with Crippen LogP contribution in [0.4, 0.5) is 5.69 Å². The number of nitrogens with zero attached hydrogens (tertiary/aromatic N) is 4. The Kier molecular flexibility index (Phi) is 4.87. The van der Waals surface area contributed by atoms with E-state index in [1.165, 1.54) is 15.8 Å². The summed E-state index contributed by atoms with van der Waals surface area (Å²) in [5.74, 6) is -0.292. The number of nitrogens with one attached hydrogen (secondary N) is 1. The van der Waals surface area contributed by atoms with Gasteiger partial charge in [-0.1, -0.05) is 35.9 Å². The molecule has 3 rings (SSSR count). The molecule has 3 aromatic rings. The monoisotopic (exact) mass is 371 g/mol. The van der Waals surface area contributed by atoms with Crippen molar-refractivity contribution < 1.29 is 4.79 Å². The number of halogens is 1. The average molecular weight is 372 g/mol. The molecule has 136 valence electrons. The van der Waals surface area contributed by atoms with Crippen LogP contribution in [0.5, 0.6) is 0 Å². The molecule has 7 heteroatoms. The summed E-state index contributed by atoms with van der Waals surface area (Å²) in [6.07, 6.45) is 0. The quantitative estimate of drug-likeness (QED) is 0.758. The van der Waals surface area contributed by atoms with Gasteiger partial charge in [0.15, 0.2) is 0 Å². The van der Waals surface area contributed by atoms with Gasteiger partial charge in [0.25, 0.3) is 5.91 Å². The number of amides is 1. The second-order valence-corrected chi connectivity index (χ2v) is 6.83. The molecule has 0 aliphatic heterocycles. The Morgan fingerprint density at radius 3 is 2.42 bits per heavy atom. The van der Waals surface area contributed by atoms with E-state index < -0.39 is 0 Å². The van der Waals surface area contributed by atoms with Crippen LogP contribution in [0.15, 0.2) is 24.3 Å². The van der Waals surface area contributed by atoms with Crippen LogP contribution >= 0.6 is 11.6 Å². The number of rotatable bonds is 4. The minimum Gasteiger partial charge on any atom is -0.317 e. The van der Waals surface area contributed by atoms with E-state index in [0.717, 1.165) is 11.4 Å². The highest BCUT2D eigenvalue weighted by molar-refractivity contribution is 6.34. The fourth-order valence-corrected chi connectivity index (χ4v) is 3.28. The van der Waals surface area contributed by atoms with E-state index in [1.807, 2.05) is 30.7 Å². The number of anilines is 1. The van der Waals surface area contributed by atoms with Gasteiger partial charge < -0.3 is 5.32 Å². The van der Waals surface area contributed by atoms with E-state index >= 15 is 0 Å². The lowest BCUT2D eigenvalue weighted by Gasteiger charge is -2.09. The van der Waals surface area contributed by atoms with Crippen LogP contribution in [-0.4, -0.2) is 25.5 Å². The minimum absolute atomic E-state index is 0.292. The van der Waals surface area contributed by atoms with Crippen LogP contribution in [0.2, 0.25) is 5.02 Å². The van der Waals surface area contributed by atoms with Gasteiger partial charge in [-0.15, -0.1) is 0 Å². The zero-order chi connectivity index (χ0) is 19.0. The summed E-state index contributed by atoms with van der Waals surface area (Å²) in [6.45, 7) is 8.34. The molecule has 2 aromatic heterocycles. The molecule has 26 heavy (non-hydrogen) atoms. The highest BCUT2D eigenvalue weighted by Gasteiger charge is 2.21. The molecule has 1 aromatic carbocycles. The fourth-order valence-electron chi connectivity index (χ4n) is 3.03. The summed E-state index contributed by atoms with van der Waals surface area (Å²) in [5, 5.41) is 12.1. The van der Waals surface area contributed by atoms with Gasteiger partial charge in [-0.25, -0.2) is 0 Å². The van der Waals surface area contributed by atoms with E-state index in [4.69, 9.17) is 11.6 Å². The van der Waals surface area contributed by atoms with Gasteiger partial charge in [0, 0.05) is 7.05 Å². The Labute approximate surface area is 157 Å². The third kappa shape index (κ3) is 3.24. The third-order valence-electron chi connectivity index (χ3n) is 4.57. The summed E-state index contributed by atoms with van der Waals surface area (Å²) < 4.78 is 3.40. The molecule has 0 atom stereocenters. The summed E-state index contributed by atoms with van der Waals surface area (Å²) in [6, 6.07) is 8.20. The SMILES string of the molecule is Cc1ccccc1Cn1nc(C)c(NC(=O)c2c(Cl)c(C)nn2C)c1C. The van der Waals surface area contributed by atoms with E-state index in [9.17, 15) is 4.79 Å². The number of benzene rings is 1. The Hall–Kier alpha value is -2.60. The summed E-state index contributed by atoms with van der Waals surface area (Å²) >= 11 is 6.22. The Morgan fingerprint density at radius 2 is 1.81 bits per heavy atom. The largest absolute Gasteiger partial charge is 0.317 e. The maximum Gasteiger partial charge on any atom is 0.275 e. The molecule has 0 aliphatic carbocycles. The average Bonchev–Trinajstić information content (AvgIpc) is 2.99. The predicted octanol–water partition coefficient (Wildman–Crippen LogP) is 3.80. The molecular weight excluding hydrogens is 350 g/mol. The molecule has 0 bridgehead atoms. The lowest BCUT2D eigenvalue weighted by molar-refractivity contribution is 0.101. The van der Waals surface area contributed by atoms with Crippen LogP contribution in [0, 0.1) is 27.7 Å². The van der Waals surface area contributed by atoms with Gasteiger partial charge in [-0.2, -0.15) is 10.2 Å². The van der Waals surface area contributed by atoms with E-state index in [0.29, 0.717) is 28.6 Å². The lowest BCUT2D eigenvalue weighted by Crippen LogP contribution is -2.17. The first-order chi connectivity index (χ1) is 12.3. The van der Waals surface area contributed by atoms with Crippen molar-refractivity contribution in [3.05, 3.63) is 63.2 Å². The van der Waals surface area contributed by atoms with Crippen molar-refractivity contribution in [2.75, 3.05) is 5.32 Å². The van der Waals surface area contributed by atoms with Gasteiger partial charge >= 0.3 is 0 Å². The maximum absolute atomic E-state index is 12.7. The number of aryl methyl sites for hydroxylation is 4. The summed E-state index contributed by atoms with van der Waals surface area (Å²) in [5.41, 5.74) is 5.74. The third-order valence-corrected chi connectivity index (χ3v) is 5.02. The molecule has 0 fully saturated rings. The molecular formula is C19H22ClN5O. The van der Waals surface area contributed by atoms with Crippen LogP contribution in [0.1, 0.15) is 38.7 Å². The molecule has 6 nitrogen and oxygen atoms in total. The van der Waals surface area contributed by atoms with Gasteiger partial charge in [0.1, 0.15) is 5.69 Å². The van der Waals surface area contributed by atoms with E-state index in [-0.39, 0.29) is 5.91 Å². The summed E-state index contributed by atoms with van der Waals surface area (Å²) in [4.78, 5) is 12.7. The molecule has 0 unspecified atom stereocenters.